The molecule has 1 fully saturated rings. The van der Waals surface area contributed by atoms with E-state index in [0.717, 1.165) is 16.0 Å². The van der Waals surface area contributed by atoms with Crippen molar-refractivity contribution in [2.75, 3.05) is 30.5 Å². The molecule has 206 valence electrons. The molecule has 0 bridgehead atoms. The number of rotatable bonds is 9. The number of hydrogen-bond donors (Lipinski definition) is 2. The lowest BCUT2D eigenvalue weighted by molar-refractivity contribution is -0.122. The average molecular weight is 544 g/mol. The average Bonchev–Trinajstić information content (AvgIpc) is 2.93. The summed E-state index contributed by atoms with van der Waals surface area (Å²) in [7, 11) is 1.50. The highest BCUT2D eigenvalue weighted by molar-refractivity contribution is 6.39. The molecule has 2 N–H and O–H groups in total. The number of carbonyl (C=O) groups is 4. The molecular weight excluding hydrogens is 514 g/mol. The third-order valence-electron chi connectivity index (χ3n) is 6.25. The van der Waals surface area contributed by atoms with Crippen molar-refractivity contribution in [3.05, 3.63) is 82.9 Å². The Morgan fingerprint density at radius 3 is 2.42 bits per heavy atom. The Morgan fingerprint density at radius 2 is 1.73 bits per heavy atom. The summed E-state index contributed by atoms with van der Waals surface area (Å²) in [5.74, 6) is -0.747. The monoisotopic (exact) mass is 543 g/mol. The zero-order valence-electron chi connectivity index (χ0n) is 22.6. The number of methoxy groups -OCH3 is 1. The van der Waals surface area contributed by atoms with Crippen molar-refractivity contribution >= 4 is 41.2 Å². The van der Waals surface area contributed by atoms with E-state index in [-0.39, 0.29) is 23.8 Å². The van der Waals surface area contributed by atoms with E-state index in [1.165, 1.54) is 13.2 Å². The molecule has 0 aliphatic carbocycles. The molecule has 3 aromatic carbocycles. The van der Waals surface area contributed by atoms with E-state index in [1.54, 1.807) is 49.4 Å². The van der Waals surface area contributed by atoms with Gasteiger partial charge in [-0.05, 0) is 86.0 Å². The first kappa shape index (κ1) is 27.9. The summed E-state index contributed by atoms with van der Waals surface area (Å²) in [4.78, 5) is 51.7. The van der Waals surface area contributed by atoms with Crippen LogP contribution in [-0.2, 0) is 14.4 Å². The summed E-state index contributed by atoms with van der Waals surface area (Å²) in [5.41, 5.74) is 3.23. The Balaban J connectivity index is 1.53. The second-order valence-corrected chi connectivity index (χ2v) is 8.88. The van der Waals surface area contributed by atoms with E-state index in [0.29, 0.717) is 35.1 Å². The zero-order chi connectivity index (χ0) is 28.8. The van der Waals surface area contributed by atoms with Crippen molar-refractivity contribution in [3.63, 3.8) is 0 Å². The molecule has 0 saturated carbocycles. The van der Waals surface area contributed by atoms with Crippen LogP contribution in [0.25, 0.3) is 6.08 Å². The molecule has 0 radical (unpaired) electrons. The van der Waals surface area contributed by atoms with Crippen LogP contribution in [0.3, 0.4) is 0 Å². The fourth-order valence-corrected chi connectivity index (χ4v) is 4.01. The Bertz CT molecular complexity index is 1500. The highest BCUT2D eigenvalue weighted by Gasteiger charge is 2.36. The quantitative estimate of drug-likeness (QED) is 0.303. The van der Waals surface area contributed by atoms with E-state index < -0.39 is 17.8 Å². The molecule has 1 aliphatic heterocycles. The second kappa shape index (κ2) is 12.2. The number of barbiturate groups is 1. The minimum atomic E-state index is -0.852. The first-order valence-electron chi connectivity index (χ1n) is 12.5. The summed E-state index contributed by atoms with van der Waals surface area (Å²) in [6, 6.07) is 15.9. The van der Waals surface area contributed by atoms with Crippen LogP contribution in [0.4, 0.5) is 16.2 Å². The van der Waals surface area contributed by atoms with Gasteiger partial charge in [-0.1, -0.05) is 18.2 Å². The molecule has 10 nitrogen and oxygen atoms in total. The van der Waals surface area contributed by atoms with Gasteiger partial charge in [0.2, 0.25) is 0 Å². The van der Waals surface area contributed by atoms with Crippen LogP contribution < -0.4 is 29.7 Å². The molecule has 4 rings (SSSR count). The number of benzene rings is 3. The number of aryl methyl sites for hydroxylation is 1. The van der Waals surface area contributed by atoms with E-state index >= 15 is 0 Å². The largest absolute Gasteiger partial charge is 0.497 e. The fourth-order valence-electron chi connectivity index (χ4n) is 4.01. The molecule has 1 heterocycles. The predicted molar refractivity (Wildman–Crippen MR) is 150 cm³/mol. The van der Waals surface area contributed by atoms with Gasteiger partial charge in [-0.2, -0.15) is 0 Å². The molecule has 10 heteroatoms. The van der Waals surface area contributed by atoms with Gasteiger partial charge in [-0.15, -0.1) is 0 Å². The minimum absolute atomic E-state index is 0.237. The van der Waals surface area contributed by atoms with E-state index in [1.807, 2.05) is 32.0 Å². The number of carbonyl (C=O) groups excluding carboxylic acids is 4. The normalized spacial score (nSPS) is 14.2. The fraction of sp³-hybridized carbons (Fsp3) is 0.200. The van der Waals surface area contributed by atoms with Gasteiger partial charge in [-0.25, -0.2) is 9.69 Å². The van der Waals surface area contributed by atoms with E-state index in [2.05, 4.69) is 10.6 Å². The standard InChI is InChI=1S/C30H29N3O7/c1-5-39-26-16-20(9-14-25(26)40-17-27(34)31-24-8-6-7-18(2)19(24)3)15-23-28(35)32-30(37)33(29(23)36)21-10-12-22(38-4)13-11-21/h6-16H,5,17H2,1-4H3,(H,31,34)(H,32,35,37)/b23-15+. The van der Waals surface area contributed by atoms with Crippen molar-refractivity contribution in [2.45, 2.75) is 20.8 Å². The Hall–Kier alpha value is -5.12. The summed E-state index contributed by atoms with van der Waals surface area (Å²) in [6.07, 6.45) is 1.36. The molecule has 5 amide bonds. The lowest BCUT2D eigenvalue weighted by atomic mass is 10.1. The number of amides is 5. The zero-order valence-corrected chi connectivity index (χ0v) is 22.6. The molecule has 1 aliphatic rings. The molecule has 0 unspecified atom stereocenters. The van der Waals surface area contributed by atoms with Crippen molar-refractivity contribution in [3.8, 4) is 17.2 Å². The number of nitrogens with one attached hydrogen (secondary N) is 2. The third-order valence-corrected chi connectivity index (χ3v) is 6.25. The van der Waals surface area contributed by atoms with E-state index in [4.69, 9.17) is 14.2 Å². The van der Waals surface area contributed by atoms with Crippen LogP contribution in [0.1, 0.15) is 23.6 Å². The summed E-state index contributed by atoms with van der Waals surface area (Å²) in [6.45, 7) is 5.73. The van der Waals surface area contributed by atoms with Crippen LogP contribution in [0, 0.1) is 13.8 Å². The topological polar surface area (TPSA) is 123 Å². The van der Waals surface area contributed by atoms with Crippen molar-refractivity contribution in [1.82, 2.24) is 5.32 Å². The van der Waals surface area contributed by atoms with Gasteiger partial charge >= 0.3 is 6.03 Å². The maximum Gasteiger partial charge on any atom is 0.335 e. The molecule has 40 heavy (non-hydrogen) atoms. The van der Waals surface area contributed by atoms with Crippen molar-refractivity contribution in [2.24, 2.45) is 0 Å². The number of anilines is 2. The first-order chi connectivity index (χ1) is 19.2. The van der Waals surface area contributed by atoms with Gasteiger partial charge in [0.1, 0.15) is 11.3 Å². The minimum Gasteiger partial charge on any atom is -0.497 e. The molecule has 0 spiro atoms. The number of ether oxygens (including phenoxy) is 3. The number of nitrogens with zero attached hydrogens (tertiary/aromatic N) is 1. The summed E-state index contributed by atoms with van der Waals surface area (Å²) < 4.78 is 16.5. The molecule has 3 aromatic rings. The molecule has 0 atom stereocenters. The third kappa shape index (κ3) is 6.12. The van der Waals surface area contributed by atoms with Crippen molar-refractivity contribution in [1.29, 1.82) is 0 Å². The van der Waals surface area contributed by atoms with Gasteiger partial charge < -0.3 is 19.5 Å². The van der Waals surface area contributed by atoms with Crippen LogP contribution in [-0.4, -0.2) is 44.1 Å². The van der Waals surface area contributed by atoms with Crippen LogP contribution >= 0.6 is 0 Å². The van der Waals surface area contributed by atoms with Crippen LogP contribution in [0.15, 0.2) is 66.2 Å². The lowest BCUT2D eigenvalue weighted by Gasteiger charge is -2.26. The molecular formula is C30H29N3O7. The second-order valence-electron chi connectivity index (χ2n) is 8.88. The molecule has 1 saturated heterocycles. The molecule has 0 aromatic heterocycles. The Kier molecular flexibility index (Phi) is 8.48. The van der Waals surface area contributed by atoms with Crippen LogP contribution in [0.5, 0.6) is 17.2 Å². The van der Waals surface area contributed by atoms with Crippen molar-refractivity contribution < 1.29 is 33.4 Å². The first-order valence-corrected chi connectivity index (χ1v) is 12.5. The predicted octanol–water partition coefficient (Wildman–Crippen LogP) is 4.39. The maximum absolute atomic E-state index is 13.2. The van der Waals surface area contributed by atoms with Gasteiger partial charge in [0.15, 0.2) is 18.1 Å². The highest BCUT2D eigenvalue weighted by Crippen LogP contribution is 2.31. The van der Waals surface area contributed by atoms with Crippen LogP contribution in [0.2, 0.25) is 0 Å². The maximum atomic E-state index is 13.2. The summed E-state index contributed by atoms with van der Waals surface area (Å²) in [5, 5.41) is 5.04. The van der Waals surface area contributed by atoms with Gasteiger partial charge in [-0.3, -0.25) is 19.7 Å². The number of hydrogen-bond acceptors (Lipinski definition) is 7. The van der Waals surface area contributed by atoms with Gasteiger partial charge in [0, 0.05) is 5.69 Å². The number of imide groups is 2. The van der Waals surface area contributed by atoms with Gasteiger partial charge in [0.25, 0.3) is 17.7 Å². The summed E-state index contributed by atoms with van der Waals surface area (Å²) >= 11 is 0. The number of urea groups is 1. The van der Waals surface area contributed by atoms with Gasteiger partial charge in [0.05, 0.1) is 19.4 Å². The highest BCUT2D eigenvalue weighted by atomic mass is 16.5. The Labute approximate surface area is 231 Å². The van der Waals surface area contributed by atoms with E-state index in [9.17, 15) is 19.2 Å². The smallest absolute Gasteiger partial charge is 0.335 e. The Morgan fingerprint density at radius 1 is 0.975 bits per heavy atom. The lowest BCUT2D eigenvalue weighted by Crippen LogP contribution is -2.54. The SMILES string of the molecule is CCOc1cc(/C=C2\C(=O)NC(=O)N(c3ccc(OC)cc3)C2=O)ccc1OCC(=O)Nc1cccc(C)c1C.